The third kappa shape index (κ3) is 4.20. The van der Waals surface area contributed by atoms with Crippen LogP contribution in [0.5, 0.6) is 0 Å². The van der Waals surface area contributed by atoms with Crippen LogP contribution in [0.2, 0.25) is 0 Å². The Morgan fingerprint density at radius 1 is 0.625 bits per heavy atom. The van der Waals surface area contributed by atoms with Gasteiger partial charge in [-0.2, -0.15) is 10.5 Å². The highest BCUT2D eigenvalue weighted by Gasteiger charge is 2.25. The van der Waals surface area contributed by atoms with Crippen molar-refractivity contribution in [3.05, 3.63) is 161 Å². The largest absolute Gasteiger partial charge is 0.312 e. The van der Waals surface area contributed by atoms with Gasteiger partial charge < -0.3 is 9.13 Å². The fourth-order valence-electron chi connectivity index (χ4n) is 7.89. The first-order chi connectivity index (χ1) is 23.7. The molecule has 2 aliphatic carbocycles. The first-order valence-electron chi connectivity index (χ1n) is 16.5. The number of hydrogen-bond donors (Lipinski definition) is 0. The van der Waals surface area contributed by atoms with Crippen molar-refractivity contribution in [2.24, 2.45) is 0 Å². The summed E-state index contributed by atoms with van der Waals surface area (Å²) in [6, 6.07) is 45.2. The van der Waals surface area contributed by atoms with E-state index in [0.717, 1.165) is 59.2 Å². The number of rotatable bonds is 4. The lowest BCUT2D eigenvalue weighted by molar-refractivity contribution is 0.871. The molecule has 0 spiro atoms. The van der Waals surface area contributed by atoms with Crippen molar-refractivity contribution in [1.29, 1.82) is 10.5 Å². The molecule has 0 aliphatic heterocycles. The predicted octanol–water partition coefficient (Wildman–Crippen LogP) is 10.7. The Bertz CT molecular complexity index is 2630. The molecule has 4 nitrogen and oxygen atoms in total. The van der Waals surface area contributed by atoms with E-state index < -0.39 is 0 Å². The monoisotopic (exact) mass is 614 g/mol. The highest BCUT2D eigenvalue weighted by Crippen LogP contribution is 2.44. The third-order valence-electron chi connectivity index (χ3n) is 9.99. The Kier molecular flexibility index (Phi) is 6.49. The number of aromatic nitrogens is 2. The summed E-state index contributed by atoms with van der Waals surface area (Å²) >= 11 is 0. The zero-order valence-electron chi connectivity index (χ0n) is 26.3. The van der Waals surface area contributed by atoms with E-state index in [-0.39, 0.29) is 0 Å². The maximum absolute atomic E-state index is 9.96. The van der Waals surface area contributed by atoms with Crippen LogP contribution in [0.4, 0.5) is 0 Å². The molecule has 48 heavy (non-hydrogen) atoms. The van der Waals surface area contributed by atoms with Crippen LogP contribution in [0.15, 0.2) is 133 Å². The molecule has 2 heterocycles. The molecule has 4 heteroatoms. The minimum atomic E-state index is 0.653. The molecule has 0 atom stereocenters. The lowest BCUT2D eigenvalue weighted by Crippen LogP contribution is -2.06. The normalized spacial score (nSPS) is 14.2. The van der Waals surface area contributed by atoms with Gasteiger partial charge in [-0.3, -0.25) is 0 Å². The first kappa shape index (κ1) is 27.9. The quantitative estimate of drug-likeness (QED) is 0.198. The zero-order chi connectivity index (χ0) is 32.2. The van der Waals surface area contributed by atoms with Crippen LogP contribution in [-0.4, -0.2) is 9.13 Å². The molecular formula is C44H30N4. The minimum Gasteiger partial charge on any atom is -0.312 e. The molecule has 2 aliphatic rings. The highest BCUT2D eigenvalue weighted by molar-refractivity contribution is 6.12. The number of para-hydroxylation sites is 4. The van der Waals surface area contributed by atoms with Gasteiger partial charge in [0.2, 0.25) is 0 Å². The van der Waals surface area contributed by atoms with E-state index in [1.807, 2.05) is 24.3 Å². The van der Waals surface area contributed by atoms with Crippen molar-refractivity contribution in [3.8, 4) is 23.5 Å². The number of benzene rings is 5. The van der Waals surface area contributed by atoms with Crippen molar-refractivity contribution >= 4 is 49.9 Å². The molecule has 7 aromatic rings. The average molecular weight is 615 g/mol. The minimum absolute atomic E-state index is 0.653. The van der Waals surface area contributed by atoms with Gasteiger partial charge in [-0.25, -0.2) is 0 Å². The van der Waals surface area contributed by atoms with E-state index in [2.05, 4.69) is 130 Å². The fourth-order valence-corrected chi connectivity index (χ4v) is 7.89. The lowest BCUT2D eigenvalue weighted by atomic mass is 9.86. The number of hydrogen-bond acceptors (Lipinski definition) is 2. The van der Waals surface area contributed by atoms with Crippen LogP contribution >= 0.6 is 0 Å². The summed E-state index contributed by atoms with van der Waals surface area (Å²) in [7, 11) is 0. The Labute approximate surface area is 279 Å². The second-order valence-corrected chi connectivity index (χ2v) is 12.6. The molecule has 0 saturated carbocycles. The Balaban J connectivity index is 1.31. The van der Waals surface area contributed by atoms with Crippen LogP contribution in [0.25, 0.3) is 61.3 Å². The number of nitriles is 2. The van der Waals surface area contributed by atoms with E-state index in [1.165, 1.54) is 49.6 Å². The zero-order valence-corrected chi connectivity index (χ0v) is 26.3. The van der Waals surface area contributed by atoms with E-state index in [1.54, 1.807) is 0 Å². The van der Waals surface area contributed by atoms with Crippen LogP contribution in [0.3, 0.4) is 0 Å². The van der Waals surface area contributed by atoms with Gasteiger partial charge >= 0.3 is 0 Å². The molecular weight excluding hydrogens is 585 g/mol. The summed E-state index contributed by atoms with van der Waals surface area (Å²) in [6.07, 6.45) is 10.2. The Morgan fingerprint density at radius 2 is 1.42 bits per heavy atom. The van der Waals surface area contributed by atoms with Crippen LogP contribution in [-0.2, 0) is 6.42 Å². The number of fused-ring (bicyclic) bond motifs is 6. The molecule has 0 fully saturated rings. The first-order valence-corrected chi connectivity index (χ1v) is 16.5. The smallest absolute Gasteiger partial charge is 0.101 e. The van der Waals surface area contributed by atoms with E-state index in [9.17, 15) is 10.5 Å². The van der Waals surface area contributed by atoms with Gasteiger partial charge in [-0.05, 0) is 90.9 Å². The van der Waals surface area contributed by atoms with Crippen molar-refractivity contribution < 1.29 is 0 Å². The van der Waals surface area contributed by atoms with Crippen LogP contribution in [0.1, 0.15) is 47.2 Å². The molecule has 0 unspecified atom stereocenters. The van der Waals surface area contributed by atoms with Crippen molar-refractivity contribution in [1.82, 2.24) is 9.13 Å². The molecule has 0 N–H and O–H groups in total. The molecule has 5 aromatic carbocycles. The Morgan fingerprint density at radius 3 is 2.29 bits per heavy atom. The number of nitrogens with zero attached hydrogens (tertiary/aromatic N) is 4. The van der Waals surface area contributed by atoms with Crippen molar-refractivity contribution in [3.63, 3.8) is 0 Å². The molecule has 0 amide bonds. The number of allylic oxidation sites excluding steroid dienone is 5. The summed E-state index contributed by atoms with van der Waals surface area (Å²) in [6.45, 7) is 0. The third-order valence-corrected chi connectivity index (χ3v) is 9.99. The fraction of sp³-hybridized carbons (Fsp3) is 0.0909. The van der Waals surface area contributed by atoms with Gasteiger partial charge in [-0.1, -0.05) is 84.9 Å². The standard InChI is InChI=1S/C44H30N4/c45-27-29-21-23-42-38(25-29)37-18-10-17-36(44(37)47(42)32-12-2-1-3-13-32)34-15-6-5-14-33(34)30-22-24-43-39(26-30)35-16-7-9-20-41(35)48(43)40-19-8-4-11-31(40)28-46/h1-4,6-13,15-20,22,24-26H,5,14,21,23H2. The van der Waals surface area contributed by atoms with Crippen molar-refractivity contribution in [2.75, 3.05) is 0 Å². The van der Waals surface area contributed by atoms with Gasteiger partial charge in [0, 0.05) is 44.2 Å². The maximum Gasteiger partial charge on any atom is 0.101 e. The SMILES string of the molecule is N#CC1=Cc2c(n(-c3ccccc3)c3c(C4=C(c5ccc6c(c5)c5ccccc5n6-c5ccccc5C#N)CCC=C4)cccc23)CC1. The molecule has 226 valence electrons. The van der Waals surface area contributed by atoms with Crippen molar-refractivity contribution in [2.45, 2.75) is 25.7 Å². The lowest BCUT2D eigenvalue weighted by Gasteiger charge is -2.20. The second kappa shape index (κ2) is 11.2. The van der Waals surface area contributed by atoms with Crippen LogP contribution < -0.4 is 0 Å². The van der Waals surface area contributed by atoms with Crippen LogP contribution in [0, 0.1) is 22.7 Å². The van der Waals surface area contributed by atoms with Gasteiger partial charge in [0.1, 0.15) is 6.07 Å². The molecule has 9 rings (SSSR count). The summed E-state index contributed by atoms with van der Waals surface area (Å²) in [5, 5.41) is 23.3. The van der Waals surface area contributed by atoms with Gasteiger partial charge in [-0.15, -0.1) is 0 Å². The molecule has 0 bridgehead atoms. The summed E-state index contributed by atoms with van der Waals surface area (Å²) in [5.41, 5.74) is 14.3. The van der Waals surface area contributed by atoms with E-state index in [0.29, 0.717) is 5.56 Å². The van der Waals surface area contributed by atoms with Gasteiger partial charge in [0.05, 0.1) is 33.9 Å². The molecule has 0 saturated heterocycles. The molecule has 2 aromatic heterocycles. The maximum atomic E-state index is 9.96. The second-order valence-electron chi connectivity index (χ2n) is 12.6. The highest BCUT2D eigenvalue weighted by atomic mass is 15.0. The van der Waals surface area contributed by atoms with E-state index >= 15 is 0 Å². The summed E-state index contributed by atoms with van der Waals surface area (Å²) in [5.74, 6) is 0. The topological polar surface area (TPSA) is 57.4 Å². The average Bonchev–Trinajstić information content (AvgIpc) is 3.67. The Hall–Kier alpha value is -6.36. The summed E-state index contributed by atoms with van der Waals surface area (Å²) in [4.78, 5) is 0. The van der Waals surface area contributed by atoms with Gasteiger partial charge in [0.25, 0.3) is 0 Å². The van der Waals surface area contributed by atoms with E-state index in [4.69, 9.17) is 0 Å². The summed E-state index contributed by atoms with van der Waals surface area (Å²) < 4.78 is 4.66. The molecule has 0 radical (unpaired) electrons. The predicted molar refractivity (Wildman–Crippen MR) is 196 cm³/mol. The van der Waals surface area contributed by atoms with Gasteiger partial charge in [0.15, 0.2) is 0 Å².